The van der Waals surface area contributed by atoms with Crippen LogP contribution in [0.25, 0.3) is 0 Å². The first-order chi connectivity index (χ1) is 6.33. The molecule has 2 heterocycles. The van der Waals surface area contributed by atoms with Gasteiger partial charge in [-0.15, -0.1) is 0 Å². The van der Waals surface area contributed by atoms with Crippen LogP contribution >= 0.6 is 0 Å². The Morgan fingerprint density at radius 2 is 2.38 bits per heavy atom. The van der Waals surface area contributed by atoms with Crippen molar-refractivity contribution in [2.75, 3.05) is 13.1 Å². The lowest BCUT2D eigenvalue weighted by Gasteiger charge is -2.27. The molecule has 3 nitrogen and oxygen atoms in total. The quantitative estimate of drug-likeness (QED) is 0.677. The van der Waals surface area contributed by atoms with Crippen LogP contribution < -0.4 is 0 Å². The number of fused-ring (bicyclic) bond motifs is 1. The van der Waals surface area contributed by atoms with Gasteiger partial charge in [0, 0.05) is 31.4 Å². The van der Waals surface area contributed by atoms with Crippen molar-refractivity contribution in [3.63, 3.8) is 0 Å². The lowest BCUT2D eigenvalue weighted by molar-refractivity contribution is 0.192. The van der Waals surface area contributed by atoms with Gasteiger partial charge in [-0.3, -0.25) is 4.57 Å². The third-order valence-corrected chi connectivity index (χ3v) is 2.44. The zero-order chi connectivity index (χ0) is 9.26. The molecule has 0 saturated heterocycles. The lowest BCUT2D eigenvalue weighted by Crippen LogP contribution is -2.41. The Hall–Kier alpha value is -1.25. The Morgan fingerprint density at radius 1 is 1.54 bits per heavy atom. The van der Waals surface area contributed by atoms with E-state index in [0.29, 0.717) is 0 Å². The van der Waals surface area contributed by atoms with E-state index in [2.05, 4.69) is 6.92 Å². The van der Waals surface area contributed by atoms with Gasteiger partial charge in [-0.25, -0.2) is 4.79 Å². The summed E-state index contributed by atoms with van der Waals surface area (Å²) >= 11 is 0. The highest BCUT2D eigenvalue weighted by Gasteiger charge is 2.21. The van der Waals surface area contributed by atoms with E-state index in [-0.39, 0.29) is 6.03 Å². The van der Waals surface area contributed by atoms with Crippen LogP contribution in [-0.4, -0.2) is 28.6 Å². The smallest absolute Gasteiger partial charge is 0.324 e. The Labute approximate surface area is 78.0 Å². The molecule has 13 heavy (non-hydrogen) atoms. The fraction of sp³-hybridized carbons (Fsp3) is 0.500. The fourth-order valence-electron chi connectivity index (χ4n) is 1.78. The molecule has 0 N–H and O–H groups in total. The topological polar surface area (TPSA) is 25.2 Å². The second kappa shape index (κ2) is 3.24. The summed E-state index contributed by atoms with van der Waals surface area (Å²) in [6.07, 6.45) is 3.86. The van der Waals surface area contributed by atoms with Crippen LogP contribution in [0, 0.1) is 0 Å². The maximum absolute atomic E-state index is 11.8. The van der Waals surface area contributed by atoms with Crippen LogP contribution in [0.4, 0.5) is 4.79 Å². The first-order valence-corrected chi connectivity index (χ1v) is 4.78. The Bertz CT molecular complexity index is 316. The van der Waals surface area contributed by atoms with E-state index in [0.717, 1.165) is 31.6 Å². The highest BCUT2D eigenvalue weighted by Crippen LogP contribution is 2.12. The summed E-state index contributed by atoms with van der Waals surface area (Å²) in [6.45, 7) is 3.84. The molecule has 2 rings (SSSR count). The van der Waals surface area contributed by atoms with E-state index >= 15 is 0 Å². The normalized spacial score (nSPS) is 16.1. The predicted molar refractivity (Wildman–Crippen MR) is 50.8 cm³/mol. The molecule has 0 aliphatic carbocycles. The molecule has 3 heteroatoms. The van der Waals surface area contributed by atoms with Crippen LogP contribution in [0.15, 0.2) is 18.3 Å². The van der Waals surface area contributed by atoms with Crippen molar-refractivity contribution in [3.8, 4) is 0 Å². The number of carbonyl (C=O) groups is 1. The average molecular weight is 178 g/mol. The van der Waals surface area contributed by atoms with Crippen LogP contribution in [-0.2, 0) is 6.42 Å². The van der Waals surface area contributed by atoms with Gasteiger partial charge < -0.3 is 4.90 Å². The van der Waals surface area contributed by atoms with Crippen molar-refractivity contribution in [2.45, 2.75) is 19.8 Å². The number of rotatable bonds is 2. The summed E-state index contributed by atoms with van der Waals surface area (Å²) in [5.74, 6) is 0. The minimum atomic E-state index is 0.133. The van der Waals surface area contributed by atoms with E-state index in [9.17, 15) is 4.79 Å². The van der Waals surface area contributed by atoms with Crippen molar-refractivity contribution < 1.29 is 4.79 Å². The minimum absolute atomic E-state index is 0.133. The molecule has 0 saturated carbocycles. The monoisotopic (exact) mass is 178 g/mol. The summed E-state index contributed by atoms with van der Waals surface area (Å²) in [5, 5.41) is 0. The van der Waals surface area contributed by atoms with E-state index in [1.807, 2.05) is 23.2 Å². The van der Waals surface area contributed by atoms with Crippen molar-refractivity contribution in [1.82, 2.24) is 9.47 Å². The third-order valence-electron chi connectivity index (χ3n) is 2.44. The van der Waals surface area contributed by atoms with Crippen LogP contribution in [0.5, 0.6) is 0 Å². The Kier molecular flexibility index (Phi) is 2.08. The molecule has 70 valence electrons. The third kappa shape index (κ3) is 1.34. The second-order valence-electron chi connectivity index (χ2n) is 3.39. The molecule has 1 aromatic heterocycles. The van der Waals surface area contributed by atoms with Gasteiger partial charge >= 0.3 is 6.03 Å². The molecule has 0 radical (unpaired) electrons. The maximum atomic E-state index is 11.8. The highest BCUT2D eigenvalue weighted by molar-refractivity contribution is 5.78. The first kappa shape index (κ1) is 8.35. The number of hydrogen-bond donors (Lipinski definition) is 0. The summed E-state index contributed by atoms with van der Waals surface area (Å²) in [6, 6.07) is 4.08. The molecule has 1 aromatic rings. The molecule has 1 aliphatic heterocycles. The number of hydrogen-bond acceptors (Lipinski definition) is 1. The van der Waals surface area contributed by atoms with E-state index in [1.165, 1.54) is 0 Å². The minimum Gasteiger partial charge on any atom is -0.324 e. The highest BCUT2D eigenvalue weighted by atomic mass is 16.2. The van der Waals surface area contributed by atoms with Gasteiger partial charge in [-0.05, 0) is 18.6 Å². The predicted octanol–water partition coefficient (Wildman–Crippen LogP) is 1.72. The van der Waals surface area contributed by atoms with E-state index in [4.69, 9.17) is 0 Å². The molecular formula is C10H14N2O. The van der Waals surface area contributed by atoms with Gasteiger partial charge in [0.25, 0.3) is 0 Å². The Balaban J connectivity index is 2.22. The van der Waals surface area contributed by atoms with Crippen LogP contribution in [0.1, 0.15) is 19.0 Å². The van der Waals surface area contributed by atoms with Crippen molar-refractivity contribution in [1.29, 1.82) is 0 Å². The fourth-order valence-corrected chi connectivity index (χ4v) is 1.78. The standard InChI is InChI=1S/C10H14N2O/c1-2-6-11-8-5-9-4-3-7-12(9)10(11)13/h3-4,7H,2,5-6,8H2,1H3. The Morgan fingerprint density at radius 3 is 3.15 bits per heavy atom. The van der Waals surface area contributed by atoms with E-state index < -0.39 is 0 Å². The molecule has 0 atom stereocenters. The molecular weight excluding hydrogens is 164 g/mol. The summed E-state index contributed by atoms with van der Waals surface area (Å²) in [4.78, 5) is 13.7. The molecule has 1 aliphatic rings. The van der Waals surface area contributed by atoms with Gasteiger partial charge in [0.15, 0.2) is 0 Å². The van der Waals surface area contributed by atoms with Crippen LogP contribution in [0.2, 0.25) is 0 Å². The summed E-state index contributed by atoms with van der Waals surface area (Å²) in [7, 11) is 0. The lowest BCUT2D eigenvalue weighted by atomic mass is 10.2. The molecule has 0 unspecified atom stereocenters. The van der Waals surface area contributed by atoms with Gasteiger partial charge in [-0.1, -0.05) is 6.92 Å². The van der Waals surface area contributed by atoms with E-state index in [1.54, 1.807) is 4.57 Å². The molecule has 0 fully saturated rings. The number of aromatic nitrogens is 1. The second-order valence-corrected chi connectivity index (χ2v) is 3.39. The van der Waals surface area contributed by atoms with Crippen LogP contribution in [0.3, 0.4) is 0 Å². The van der Waals surface area contributed by atoms with Gasteiger partial charge in [0.1, 0.15) is 0 Å². The number of amides is 1. The zero-order valence-corrected chi connectivity index (χ0v) is 7.86. The van der Waals surface area contributed by atoms with Gasteiger partial charge in [-0.2, -0.15) is 0 Å². The molecule has 1 amide bonds. The van der Waals surface area contributed by atoms with Crippen molar-refractivity contribution >= 4 is 6.03 Å². The zero-order valence-electron chi connectivity index (χ0n) is 7.86. The number of carbonyl (C=O) groups excluding carboxylic acids is 1. The molecule has 0 aromatic carbocycles. The summed E-state index contributed by atoms with van der Waals surface area (Å²) < 4.78 is 1.75. The van der Waals surface area contributed by atoms with Crippen molar-refractivity contribution in [3.05, 3.63) is 24.0 Å². The largest absolute Gasteiger partial charge is 0.328 e. The summed E-state index contributed by atoms with van der Waals surface area (Å²) in [5.41, 5.74) is 1.14. The number of nitrogens with zero attached hydrogens (tertiary/aromatic N) is 2. The van der Waals surface area contributed by atoms with Gasteiger partial charge in [0.05, 0.1) is 0 Å². The van der Waals surface area contributed by atoms with Gasteiger partial charge in [0.2, 0.25) is 0 Å². The molecule has 0 bridgehead atoms. The van der Waals surface area contributed by atoms with Crippen molar-refractivity contribution in [2.24, 2.45) is 0 Å². The maximum Gasteiger partial charge on any atom is 0.328 e. The average Bonchev–Trinajstić information content (AvgIpc) is 2.58. The molecule has 0 spiro atoms. The first-order valence-electron chi connectivity index (χ1n) is 4.78. The SMILES string of the molecule is CCCN1CCc2cccn2C1=O.